The standard InChI is InChI=1S/C4H9O2Si2/c1-2-3-4(5)8-6-7/h4-5H,2-3H2,1H3. The molecule has 0 spiro atoms. The molecule has 8 heavy (non-hydrogen) atoms. The molecule has 5 radical (unpaired) electrons. The minimum Gasteiger partial charge on any atom is -0.456 e. The maximum absolute atomic E-state index is 8.91. The van der Waals surface area contributed by atoms with E-state index in [1.54, 1.807) is 0 Å². The molecular formula is C4H9O2Si2. The van der Waals surface area contributed by atoms with E-state index in [0.29, 0.717) is 0 Å². The van der Waals surface area contributed by atoms with Gasteiger partial charge in [0.1, 0.15) is 0 Å². The first kappa shape index (κ1) is 8.35. The van der Waals surface area contributed by atoms with Gasteiger partial charge in [-0.15, -0.1) is 0 Å². The van der Waals surface area contributed by atoms with Gasteiger partial charge in [0.25, 0.3) is 0 Å². The third-order valence-corrected chi connectivity index (χ3v) is 1.79. The number of aliphatic hydroxyl groups is 1. The number of rotatable bonds is 4. The van der Waals surface area contributed by atoms with Gasteiger partial charge in [-0.1, -0.05) is 13.3 Å². The molecule has 2 nitrogen and oxygen atoms in total. The fourth-order valence-electron chi connectivity index (χ4n) is 0.400. The zero-order valence-corrected chi connectivity index (χ0v) is 6.85. The van der Waals surface area contributed by atoms with E-state index in [1.165, 1.54) is 0 Å². The topological polar surface area (TPSA) is 29.5 Å². The summed E-state index contributed by atoms with van der Waals surface area (Å²) in [5.41, 5.74) is -0.280. The molecule has 0 saturated heterocycles. The molecule has 0 aliphatic heterocycles. The quantitative estimate of drug-likeness (QED) is 0.556. The van der Waals surface area contributed by atoms with E-state index in [9.17, 15) is 0 Å². The van der Waals surface area contributed by atoms with Crippen LogP contribution in [0.2, 0.25) is 0 Å². The van der Waals surface area contributed by atoms with Crippen LogP contribution in [0.15, 0.2) is 0 Å². The molecule has 0 aromatic heterocycles. The van der Waals surface area contributed by atoms with Crippen LogP contribution in [0, 0.1) is 0 Å². The summed E-state index contributed by atoms with van der Waals surface area (Å²) in [6, 6.07) is 0. The monoisotopic (exact) mass is 145 g/mol. The van der Waals surface area contributed by atoms with Crippen molar-refractivity contribution in [1.82, 2.24) is 0 Å². The van der Waals surface area contributed by atoms with Crippen molar-refractivity contribution in [2.75, 3.05) is 0 Å². The largest absolute Gasteiger partial charge is 0.456 e. The summed E-state index contributed by atoms with van der Waals surface area (Å²) >= 11 is 0. The average Bonchev–Trinajstić information content (AvgIpc) is 1.68. The lowest BCUT2D eigenvalue weighted by molar-refractivity contribution is 0.228. The second-order valence-corrected chi connectivity index (χ2v) is 3.24. The Kier molecular flexibility index (Phi) is 5.73. The van der Waals surface area contributed by atoms with E-state index >= 15 is 0 Å². The normalized spacial score (nSPS) is 13.9. The Morgan fingerprint density at radius 1 is 1.88 bits per heavy atom. The molecular weight excluding hydrogens is 136 g/mol. The van der Waals surface area contributed by atoms with Gasteiger partial charge >= 0.3 is 0 Å². The average molecular weight is 145 g/mol. The van der Waals surface area contributed by atoms with Crippen LogP contribution < -0.4 is 0 Å². The maximum Gasteiger partial charge on any atom is 0.248 e. The molecule has 45 valence electrons. The summed E-state index contributed by atoms with van der Waals surface area (Å²) in [5.74, 6) is 0. The first-order valence-corrected chi connectivity index (χ1v) is 3.96. The molecule has 0 aliphatic carbocycles. The van der Waals surface area contributed by atoms with E-state index in [4.69, 9.17) is 5.11 Å². The van der Waals surface area contributed by atoms with Crippen LogP contribution in [0.1, 0.15) is 19.8 Å². The Hall–Kier alpha value is 0.354. The zero-order chi connectivity index (χ0) is 6.41. The second kappa shape index (κ2) is 5.49. The van der Waals surface area contributed by atoms with Gasteiger partial charge in [0.2, 0.25) is 20.2 Å². The highest BCUT2D eigenvalue weighted by molar-refractivity contribution is 6.35. The first-order valence-electron chi connectivity index (χ1n) is 2.57. The van der Waals surface area contributed by atoms with E-state index < -0.39 is 0 Å². The van der Waals surface area contributed by atoms with Crippen molar-refractivity contribution < 1.29 is 9.22 Å². The molecule has 0 bridgehead atoms. The van der Waals surface area contributed by atoms with Gasteiger partial charge in [-0.05, 0) is 6.42 Å². The van der Waals surface area contributed by atoms with Crippen molar-refractivity contribution in [1.29, 1.82) is 0 Å². The molecule has 0 aliphatic rings. The van der Waals surface area contributed by atoms with Crippen LogP contribution in [0.4, 0.5) is 0 Å². The fraction of sp³-hybridized carbons (Fsp3) is 1.00. The van der Waals surface area contributed by atoms with E-state index in [0.717, 1.165) is 12.8 Å². The Labute approximate surface area is 55.7 Å². The van der Waals surface area contributed by atoms with Crippen LogP contribution in [0.25, 0.3) is 0 Å². The van der Waals surface area contributed by atoms with Crippen LogP contribution in [0.5, 0.6) is 0 Å². The van der Waals surface area contributed by atoms with Gasteiger partial charge in [0.05, 0.1) is 5.73 Å². The molecule has 4 heteroatoms. The Bertz CT molecular complexity index is 45.3. The second-order valence-electron chi connectivity index (χ2n) is 1.52. The minimum atomic E-state index is -0.280. The number of hydrogen-bond donors (Lipinski definition) is 1. The predicted octanol–water partition coefficient (Wildman–Crippen LogP) is -0.176. The van der Waals surface area contributed by atoms with Crippen molar-refractivity contribution >= 4 is 20.2 Å². The third-order valence-electron chi connectivity index (χ3n) is 0.757. The SMILES string of the molecule is CCCC(O)[Si]O[Si]. The van der Waals surface area contributed by atoms with Gasteiger partial charge in [0, 0.05) is 0 Å². The summed E-state index contributed by atoms with van der Waals surface area (Å²) in [5, 5.41) is 8.91. The molecule has 0 rings (SSSR count). The van der Waals surface area contributed by atoms with Crippen molar-refractivity contribution in [3.63, 3.8) is 0 Å². The Morgan fingerprint density at radius 2 is 2.50 bits per heavy atom. The smallest absolute Gasteiger partial charge is 0.248 e. The Morgan fingerprint density at radius 3 is 2.88 bits per heavy atom. The van der Waals surface area contributed by atoms with Crippen LogP contribution in [-0.4, -0.2) is 31.1 Å². The predicted molar refractivity (Wildman–Crippen MR) is 33.5 cm³/mol. The van der Waals surface area contributed by atoms with Gasteiger partial charge in [-0.25, -0.2) is 0 Å². The van der Waals surface area contributed by atoms with Crippen molar-refractivity contribution in [2.24, 2.45) is 0 Å². The summed E-state index contributed by atoms with van der Waals surface area (Å²) in [6.45, 7) is 2.03. The summed E-state index contributed by atoms with van der Waals surface area (Å²) in [6.07, 6.45) is 1.83. The van der Waals surface area contributed by atoms with Crippen LogP contribution in [0.3, 0.4) is 0 Å². The molecule has 0 amide bonds. The van der Waals surface area contributed by atoms with Crippen LogP contribution in [-0.2, 0) is 4.12 Å². The molecule has 1 atom stereocenters. The highest BCUT2D eigenvalue weighted by Gasteiger charge is 2.01. The summed E-state index contributed by atoms with van der Waals surface area (Å²) < 4.78 is 4.54. The van der Waals surface area contributed by atoms with E-state index in [2.05, 4.69) is 14.6 Å². The zero-order valence-electron chi connectivity index (χ0n) is 4.85. The first-order chi connectivity index (χ1) is 3.81. The van der Waals surface area contributed by atoms with Gasteiger partial charge in [-0.2, -0.15) is 0 Å². The van der Waals surface area contributed by atoms with E-state index in [1.807, 2.05) is 6.92 Å². The fourth-order valence-corrected chi connectivity index (χ4v) is 1.35. The molecule has 0 saturated carbocycles. The van der Waals surface area contributed by atoms with Crippen molar-refractivity contribution in [2.45, 2.75) is 25.5 Å². The highest BCUT2D eigenvalue weighted by atomic mass is 28.3. The van der Waals surface area contributed by atoms with Gasteiger partial charge < -0.3 is 9.22 Å². The van der Waals surface area contributed by atoms with Gasteiger partial charge in [-0.3, -0.25) is 0 Å². The summed E-state index contributed by atoms with van der Waals surface area (Å²) in [4.78, 5) is 0. The van der Waals surface area contributed by atoms with E-state index in [-0.39, 0.29) is 15.5 Å². The van der Waals surface area contributed by atoms with Crippen LogP contribution >= 0.6 is 0 Å². The summed E-state index contributed by atoms with van der Waals surface area (Å²) in [7, 11) is 2.98. The molecule has 1 N–H and O–H groups in total. The molecule has 0 aromatic rings. The molecule has 0 fully saturated rings. The Balaban J connectivity index is 2.92. The lowest BCUT2D eigenvalue weighted by Gasteiger charge is -2.02. The van der Waals surface area contributed by atoms with Gasteiger partial charge in [0.15, 0.2) is 0 Å². The lowest BCUT2D eigenvalue weighted by atomic mass is 10.4. The molecule has 0 aromatic carbocycles. The number of aliphatic hydroxyl groups excluding tert-OH is 1. The minimum absolute atomic E-state index is 0.165. The molecule has 0 heterocycles. The highest BCUT2D eigenvalue weighted by Crippen LogP contribution is 1.92. The maximum atomic E-state index is 8.91. The third kappa shape index (κ3) is 4.51. The lowest BCUT2D eigenvalue weighted by Crippen LogP contribution is -2.17. The molecule has 1 unspecified atom stereocenters. The number of hydrogen-bond acceptors (Lipinski definition) is 2. The van der Waals surface area contributed by atoms with Crippen molar-refractivity contribution in [3.8, 4) is 0 Å². The van der Waals surface area contributed by atoms with Crippen molar-refractivity contribution in [3.05, 3.63) is 0 Å².